The first-order valence-corrected chi connectivity index (χ1v) is 5.98. The number of carboxylic acids is 2. The molecule has 1 aliphatic rings. The molecule has 0 saturated heterocycles. The molecule has 2 amide bonds. The lowest BCUT2D eigenvalue weighted by molar-refractivity contribution is -0.145. The second-order valence-electron chi connectivity index (χ2n) is 4.42. The quantitative estimate of drug-likeness (QED) is 0.530. The van der Waals surface area contributed by atoms with E-state index in [1.54, 1.807) is 7.11 Å². The van der Waals surface area contributed by atoms with Crippen LogP contribution in [-0.2, 0) is 14.3 Å². The molecule has 0 spiro atoms. The molecule has 3 atom stereocenters. The lowest BCUT2D eigenvalue weighted by atomic mass is 10.2. The molecule has 0 aromatic rings. The highest BCUT2D eigenvalue weighted by Gasteiger charge is 2.30. The monoisotopic (exact) mass is 274 g/mol. The van der Waals surface area contributed by atoms with Gasteiger partial charge in [-0.3, -0.25) is 4.79 Å². The Kier molecular flexibility index (Phi) is 5.56. The van der Waals surface area contributed by atoms with Gasteiger partial charge in [-0.1, -0.05) is 0 Å². The lowest BCUT2D eigenvalue weighted by Crippen LogP contribution is -2.51. The number of rotatable bonds is 6. The summed E-state index contributed by atoms with van der Waals surface area (Å²) >= 11 is 0. The van der Waals surface area contributed by atoms with Crippen LogP contribution in [0.2, 0.25) is 0 Å². The van der Waals surface area contributed by atoms with Crippen LogP contribution in [0, 0.1) is 0 Å². The van der Waals surface area contributed by atoms with Gasteiger partial charge in [0, 0.05) is 7.11 Å². The van der Waals surface area contributed by atoms with Gasteiger partial charge >= 0.3 is 18.0 Å². The Morgan fingerprint density at radius 3 is 2.53 bits per heavy atom. The van der Waals surface area contributed by atoms with E-state index in [1.165, 1.54) is 0 Å². The normalized spacial score (nSPS) is 23.6. The van der Waals surface area contributed by atoms with Gasteiger partial charge < -0.3 is 25.6 Å². The van der Waals surface area contributed by atoms with Gasteiger partial charge in [-0.05, 0) is 19.3 Å². The molecule has 1 fully saturated rings. The zero-order chi connectivity index (χ0) is 14.4. The molecule has 1 aliphatic carbocycles. The van der Waals surface area contributed by atoms with Gasteiger partial charge in [0.2, 0.25) is 0 Å². The van der Waals surface area contributed by atoms with Crippen molar-refractivity contribution < 1.29 is 29.3 Å². The van der Waals surface area contributed by atoms with Crippen LogP contribution in [0.25, 0.3) is 0 Å². The van der Waals surface area contributed by atoms with Crippen molar-refractivity contribution in [3.05, 3.63) is 0 Å². The summed E-state index contributed by atoms with van der Waals surface area (Å²) in [5, 5.41) is 22.1. The summed E-state index contributed by atoms with van der Waals surface area (Å²) in [4.78, 5) is 32.9. The summed E-state index contributed by atoms with van der Waals surface area (Å²) in [5.41, 5.74) is 0. The van der Waals surface area contributed by atoms with Crippen LogP contribution in [0.3, 0.4) is 0 Å². The zero-order valence-corrected chi connectivity index (χ0v) is 10.6. The second kappa shape index (κ2) is 6.93. The fourth-order valence-corrected chi connectivity index (χ4v) is 2.12. The zero-order valence-electron chi connectivity index (χ0n) is 10.6. The summed E-state index contributed by atoms with van der Waals surface area (Å²) < 4.78 is 5.19. The van der Waals surface area contributed by atoms with E-state index in [-0.39, 0.29) is 12.1 Å². The molecule has 3 unspecified atom stereocenters. The van der Waals surface area contributed by atoms with E-state index in [9.17, 15) is 14.4 Å². The van der Waals surface area contributed by atoms with Gasteiger partial charge in [0.25, 0.3) is 0 Å². The first kappa shape index (κ1) is 15.2. The average Bonchev–Trinajstić information content (AvgIpc) is 2.74. The Morgan fingerprint density at radius 1 is 1.32 bits per heavy atom. The summed E-state index contributed by atoms with van der Waals surface area (Å²) in [6.45, 7) is 0. The van der Waals surface area contributed by atoms with Gasteiger partial charge in [0.1, 0.15) is 6.04 Å². The van der Waals surface area contributed by atoms with Crippen molar-refractivity contribution in [1.82, 2.24) is 10.6 Å². The molecule has 19 heavy (non-hydrogen) atoms. The number of hydrogen-bond donors (Lipinski definition) is 4. The Hall–Kier alpha value is -1.83. The molecule has 8 nitrogen and oxygen atoms in total. The molecule has 1 saturated carbocycles. The highest BCUT2D eigenvalue weighted by molar-refractivity contribution is 5.86. The van der Waals surface area contributed by atoms with Crippen LogP contribution in [0.4, 0.5) is 4.79 Å². The van der Waals surface area contributed by atoms with Crippen molar-refractivity contribution in [2.75, 3.05) is 7.11 Å². The number of carbonyl (C=O) groups excluding carboxylic acids is 1. The van der Waals surface area contributed by atoms with Gasteiger partial charge in [0.05, 0.1) is 18.6 Å². The Bertz CT molecular complexity index is 359. The van der Waals surface area contributed by atoms with Crippen molar-refractivity contribution in [3.63, 3.8) is 0 Å². The standard InChI is InChI=1S/C11H18N2O6/c1-19-8-4-2-3-6(8)12-11(18)13-7(10(16)17)5-9(14)15/h6-8H,2-5H2,1H3,(H,14,15)(H,16,17)(H2,12,13,18). The topological polar surface area (TPSA) is 125 Å². The van der Waals surface area contributed by atoms with Gasteiger partial charge in [-0.2, -0.15) is 0 Å². The summed E-state index contributed by atoms with van der Waals surface area (Å²) in [6, 6.07) is -2.31. The minimum absolute atomic E-state index is 0.0894. The second-order valence-corrected chi connectivity index (χ2v) is 4.42. The maximum atomic E-state index is 11.6. The first-order chi connectivity index (χ1) is 8.93. The molecule has 0 aliphatic heterocycles. The van der Waals surface area contributed by atoms with Gasteiger partial charge in [0.15, 0.2) is 0 Å². The predicted molar refractivity (Wildman–Crippen MR) is 63.8 cm³/mol. The number of carbonyl (C=O) groups is 3. The van der Waals surface area contributed by atoms with Crippen LogP contribution in [0.1, 0.15) is 25.7 Å². The SMILES string of the molecule is COC1CCCC1NC(=O)NC(CC(=O)O)C(=O)O. The number of carboxylic acid groups (broad SMARTS) is 2. The Labute approximate surface area is 110 Å². The molecule has 0 bridgehead atoms. The smallest absolute Gasteiger partial charge is 0.326 e. The van der Waals surface area contributed by atoms with E-state index in [0.717, 1.165) is 19.3 Å². The predicted octanol–water partition coefficient (Wildman–Crippen LogP) is -0.219. The van der Waals surface area contributed by atoms with Gasteiger partial charge in [-0.15, -0.1) is 0 Å². The van der Waals surface area contributed by atoms with Crippen LogP contribution in [0.15, 0.2) is 0 Å². The average molecular weight is 274 g/mol. The fourth-order valence-electron chi connectivity index (χ4n) is 2.12. The molecule has 8 heteroatoms. The molecule has 4 N–H and O–H groups in total. The molecule has 0 radical (unpaired) electrons. The maximum Gasteiger partial charge on any atom is 0.326 e. The van der Waals surface area contributed by atoms with E-state index in [2.05, 4.69) is 10.6 Å². The van der Waals surface area contributed by atoms with Crippen molar-refractivity contribution in [1.29, 1.82) is 0 Å². The fraction of sp³-hybridized carbons (Fsp3) is 0.727. The lowest BCUT2D eigenvalue weighted by Gasteiger charge is -2.21. The summed E-state index contributed by atoms with van der Waals surface area (Å²) in [6.07, 6.45) is 1.75. The minimum atomic E-state index is -1.44. The highest BCUT2D eigenvalue weighted by atomic mass is 16.5. The molecule has 0 heterocycles. The molecular formula is C11H18N2O6. The third kappa shape index (κ3) is 4.74. The van der Waals surface area contributed by atoms with Crippen molar-refractivity contribution in [2.24, 2.45) is 0 Å². The minimum Gasteiger partial charge on any atom is -0.481 e. The molecule has 108 valence electrons. The summed E-state index contributed by atoms with van der Waals surface area (Å²) in [5.74, 6) is -2.67. The molecule has 1 rings (SSSR count). The van der Waals surface area contributed by atoms with Gasteiger partial charge in [-0.25, -0.2) is 9.59 Å². The number of amides is 2. The van der Waals surface area contributed by atoms with E-state index < -0.39 is 30.4 Å². The number of aliphatic carboxylic acids is 2. The third-order valence-corrected chi connectivity index (χ3v) is 3.05. The maximum absolute atomic E-state index is 11.6. The van der Waals surface area contributed by atoms with Crippen LogP contribution in [0.5, 0.6) is 0 Å². The molecule has 0 aromatic carbocycles. The van der Waals surface area contributed by atoms with E-state index in [0.29, 0.717) is 0 Å². The van der Waals surface area contributed by atoms with Crippen molar-refractivity contribution in [3.8, 4) is 0 Å². The molecule has 0 aromatic heterocycles. The van der Waals surface area contributed by atoms with E-state index in [1.807, 2.05) is 0 Å². The highest BCUT2D eigenvalue weighted by Crippen LogP contribution is 2.21. The van der Waals surface area contributed by atoms with E-state index in [4.69, 9.17) is 14.9 Å². The first-order valence-electron chi connectivity index (χ1n) is 5.98. The van der Waals surface area contributed by atoms with Crippen molar-refractivity contribution in [2.45, 2.75) is 43.9 Å². The summed E-state index contributed by atoms with van der Waals surface area (Å²) in [7, 11) is 1.55. The number of urea groups is 1. The van der Waals surface area contributed by atoms with E-state index >= 15 is 0 Å². The van der Waals surface area contributed by atoms with Crippen LogP contribution >= 0.6 is 0 Å². The largest absolute Gasteiger partial charge is 0.481 e. The van der Waals surface area contributed by atoms with Crippen LogP contribution < -0.4 is 10.6 Å². The van der Waals surface area contributed by atoms with Crippen molar-refractivity contribution >= 4 is 18.0 Å². The van der Waals surface area contributed by atoms with Crippen LogP contribution in [-0.4, -0.2) is 53.5 Å². The Balaban J connectivity index is 2.48. The Morgan fingerprint density at radius 2 is 2.00 bits per heavy atom. The third-order valence-electron chi connectivity index (χ3n) is 3.05. The number of methoxy groups -OCH3 is 1. The number of hydrogen-bond acceptors (Lipinski definition) is 4. The number of nitrogens with one attached hydrogen (secondary N) is 2. The molecular weight excluding hydrogens is 256 g/mol. The number of ether oxygens (including phenoxy) is 1.